The molecule has 0 aliphatic heterocycles. The zero-order valence-corrected chi connectivity index (χ0v) is 30.9. The van der Waals surface area contributed by atoms with Crippen LogP contribution in [0.15, 0.2) is 164 Å². The summed E-state index contributed by atoms with van der Waals surface area (Å²) in [4.78, 5) is 39.7. The Kier molecular flexibility index (Phi) is 10.7. The fourth-order valence-electron chi connectivity index (χ4n) is 7.12. The van der Waals surface area contributed by atoms with Crippen LogP contribution >= 0.6 is 0 Å². The molecule has 0 saturated heterocycles. The molecule has 0 aliphatic rings. The van der Waals surface area contributed by atoms with Crippen LogP contribution in [0.25, 0.3) is 0 Å². The second-order valence-electron chi connectivity index (χ2n) is 14.2. The molecule has 0 N–H and O–H groups in total. The molecule has 0 radical (unpaired) electrons. The zero-order chi connectivity index (χ0) is 37.6. The molecule has 54 heavy (non-hydrogen) atoms. The molecule has 0 amide bonds. The zero-order valence-electron chi connectivity index (χ0n) is 30.9. The molecule has 0 spiro atoms. The number of carbonyl (C=O) groups is 3. The SMILES string of the molecule is Cc1ccccc1C(=O)c1ccc(Cc2cc(Cc3ccc(C(=O)c4ccccc4C)cc3)cc(Cc3ccc(C(=O)c4ccccc4C)cc3)c2)cc1. The Balaban J connectivity index is 1.14. The molecular formula is C51H42O3. The Bertz CT molecular complexity index is 2180. The lowest BCUT2D eigenvalue weighted by molar-refractivity contribution is 0.103. The summed E-state index contributed by atoms with van der Waals surface area (Å²) in [5.74, 6) is 0.0894. The van der Waals surface area contributed by atoms with Crippen LogP contribution in [0.4, 0.5) is 0 Å². The van der Waals surface area contributed by atoms with Gasteiger partial charge in [-0.15, -0.1) is 0 Å². The van der Waals surface area contributed by atoms with E-state index in [0.29, 0.717) is 36.0 Å². The topological polar surface area (TPSA) is 51.2 Å². The highest BCUT2D eigenvalue weighted by Gasteiger charge is 2.15. The summed E-state index contributed by atoms with van der Waals surface area (Å²) in [5, 5.41) is 0. The molecule has 0 atom stereocenters. The third-order valence-electron chi connectivity index (χ3n) is 10.2. The van der Waals surface area contributed by atoms with Crippen molar-refractivity contribution in [2.24, 2.45) is 0 Å². The van der Waals surface area contributed by atoms with Crippen molar-refractivity contribution in [2.45, 2.75) is 40.0 Å². The van der Waals surface area contributed by atoms with Crippen LogP contribution in [0.3, 0.4) is 0 Å². The molecule has 7 aromatic rings. The predicted octanol–water partition coefficient (Wildman–Crippen LogP) is 11.1. The molecule has 0 aromatic heterocycles. The molecule has 3 nitrogen and oxygen atoms in total. The van der Waals surface area contributed by atoms with Crippen LogP contribution in [0.5, 0.6) is 0 Å². The Labute approximate surface area is 318 Å². The van der Waals surface area contributed by atoms with Crippen molar-refractivity contribution in [3.8, 4) is 0 Å². The molecule has 0 saturated carbocycles. The van der Waals surface area contributed by atoms with E-state index in [-0.39, 0.29) is 17.3 Å². The highest BCUT2D eigenvalue weighted by atomic mass is 16.1. The molecule has 3 heteroatoms. The van der Waals surface area contributed by atoms with Gasteiger partial charge >= 0.3 is 0 Å². The van der Waals surface area contributed by atoms with Crippen LogP contribution in [0, 0.1) is 20.8 Å². The highest BCUT2D eigenvalue weighted by molar-refractivity contribution is 6.11. The monoisotopic (exact) mass is 702 g/mol. The van der Waals surface area contributed by atoms with E-state index < -0.39 is 0 Å². The molecule has 264 valence electrons. The smallest absolute Gasteiger partial charge is 0.193 e. The molecule has 0 bridgehead atoms. The van der Waals surface area contributed by atoms with E-state index in [9.17, 15) is 14.4 Å². The lowest BCUT2D eigenvalue weighted by Crippen LogP contribution is -2.04. The summed E-state index contributed by atoms with van der Waals surface area (Å²) in [6, 6.07) is 53.7. The number of hydrogen-bond acceptors (Lipinski definition) is 3. The third-order valence-corrected chi connectivity index (χ3v) is 10.2. The Morgan fingerprint density at radius 2 is 0.556 bits per heavy atom. The molecule has 0 aliphatic carbocycles. The van der Waals surface area contributed by atoms with Crippen LogP contribution in [-0.4, -0.2) is 17.3 Å². The third kappa shape index (κ3) is 8.27. The van der Waals surface area contributed by atoms with Gasteiger partial charge in [0.2, 0.25) is 0 Å². The first-order valence-corrected chi connectivity index (χ1v) is 18.4. The van der Waals surface area contributed by atoms with E-state index in [0.717, 1.165) is 50.1 Å². The average molecular weight is 703 g/mol. The summed E-state index contributed by atoms with van der Waals surface area (Å²) in [6.07, 6.45) is 2.15. The lowest BCUT2D eigenvalue weighted by Gasteiger charge is -2.12. The van der Waals surface area contributed by atoms with E-state index in [2.05, 4.69) is 18.2 Å². The Morgan fingerprint density at radius 3 is 0.796 bits per heavy atom. The summed E-state index contributed by atoms with van der Waals surface area (Å²) < 4.78 is 0. The van der Waals surface area contributed by atoms with Crippen molar-refractivity contribution in [3.05, 3.63) is 247 Å². The van der Waals surface area contributed by atoms with Crippen molar-refractivity contribution in [3.63, 3.8) is 0 Å². The number of hydrogen-bond donors (Lipinski definition) is 0. The molecule has 0 heterocycles. The van der Waals surface area contributed by atoms with Gasteiger partial charge in [-0.1, -0.05) is 164 Å². The van der Waals surface area contributed by atoms with Crippen LogP contribution in [0.1, 0.15) is 97.8 Å². The average Bonchev–Trinajstić information content (AvgIpc) is 3.18. The van der Waals surface area contributed by atoms with Gasteiger partial charge in [-0.2, -0.15) is 0 Å². The summed E-state index contributed by atoms with van der Waals surface area (Å²) >= 11 is 0. The van der Waals surface area contributed by atoms with Crippen molar-refractivity contribution < 1.29 is 14.4 Å². The molecule has 7 rings (SSSR count). The number of aryl methyl sites for hydroxylation is 3. The number of rotatable bonds is 12. The summed E-state index contributed by atoms with van der Waals surface area (Å²) in [6.45, 7) is 5.89. The fourth-order valence-corrected chi connectivity index (χ4v) is 7.12. The van der Waals surface area contributed by atoms with Gasteiger partial charge in [-0.25, -0.2) is 0 Å². The summed E-state index contributed by atoms with van der Waals surface area (Å²) in [7, 11) is 0. The first-order valence-electron chi connectivity index (χ1n) is 18.4. The van der Waals surface area contributed by atoms with Gasteiger partial charge in [0.25, 0.3) is 0 Å². The standard InChI is InChI=1S/C51H42O3/c1-34-10-4-7-13-46(34)49(52)43-22-16-37(17-23-43)28-40-31-41(29-38-18-24-44(25-19-38)50(53)47-14-8-5-11-35(47)2)33-42(32-40)30-39-20-26-45(27-21-39)51(54)48-15-9-6-12-36(48)3/h4-27,31-33H,28-30H2,1-3H3. The van der Waals surface area contributed by atoms with E-state index in [1.165, 1.54) is 16.7 Å². The minimum absolute atomic E-state index is 0.0298. The van der Waals surface area contributed by atoms with Crippen LogP contribution in [0.2, 0.25) is 0 Å². The van der Waals surface area contributed by atoms with Gasteiger partial charge in [-0.05, 0) is 90.1 Å². The van der Waals surface area contributed by atoms with Gasteiger partial charge < -0.3 is 0 Å². The van der Waals surface area contributed by atoms with E-state index in [4.69, 9.17) is 0 Å². The highest BCUT2D eigenvalue weighted by Crippen LogP contribution is 2.23. The van der Waals surface area contributed by atoms with Crippen LogP contribution < -0.4 is 0 Å². The maximum absolute atomic E-state index is 13.2. The minimum Gasteiger partial charge on any atom is -0.289 e. The molecule has 0 fully saturated rings. The quantitative estimate of drug-likeness (QED) is 0.119. The minimum atomic E-state index is 0.0298. The normalized spacial score (nSPS) is 10.9. The van der Waals surface area contributed by atoms with E-state index in [1.807, 2.05) is 166 Å². The molecular weight excluding hydrogens is 661 g/mol. The largest absolute Gasteiger partial charge is 0.289 e. The lowest BCUT2D eigenvalue weighted by atomic mass is 9.92. The number of benzene rings is 7. The van der Waals surface area contributed by atoms with Crippen molar-refractivity contribution >= 4 is 17.3 Å². The Hall–Kier alpha value is -6.45. The van der Waals surface area contributed by atoms with Crippen LogP contribution in [-0.2, 0) is 19.3 Å². The van der Waals surface area contributed by atoms with Gasteiger partial charge in [0, 0.05) is 33.4 Å². The predicted molar refractivity (Wildman–Crippen MR) is 218 cm³/mol. The van der Waals surface area contributed by atoms with Crippen molar-refractivity contribution in [2.75, 3.05) is 0 Å². The Morgan fingerprint density at radius 1 is 0.315 bits per heavy atom. The fraction of sp³-hybridized carbons (Fsp3) is 0.118. The van der Waals surface area contributed by atoms with Gasteiger partial charge in [0.15, 0.2) is 17.3 Å². The second-order valence-corrected chi connectivity index (χ2v) is 14.2. The van der Waals surface area contributed by atoms with E-state index >= 15 is 0 Å². The van der Waals surface area contributed by atoms with Gasteiger partial charge in [0.1, 0.15) is 0 Å². The number of ketones is 3. The first-order chi connectivity index (χ1) is 26.2. The molecule has 0 unspecified atom stereocenters. The van der Waals surface area contributed by atoms with Crippen molar-refractivity contribution in [1.82, 2.24) is 0 Å². The van der Waals surface area contributed by atoms with E-state index in [1.54, 1.807) is 0 Å². The second kappa shape index (κ2) is 16.1. The summed E-state index contributed by atoms with van der Waals surface area (Å²) in [5.41, 5.74) is 14.0. The number of carbonyl (C=O) groups excluding carboxylic acids is 3. The first kappa shape index (κ1) is 35.9. The van der Waals surface area contributed by atoms with Gasteiger partial charge in [-0.3, -0.25) is 14.4 Å². The maximum atomic E-state index is 13.2. The van der Waals surface area contributed by atoms with Gasteiger partial charge in [0.05, 0.1) is 0 Å². The van der Waals surface area contributed by atoms with Crippen molar-refractivity contribution in [1.29, 1.82) is 0 Å². The maximum Gasteiger partial charge on any atom is 0.193 e. The molecule has 7 aromatic carbocycles.